The highest BCUT2D eigenvalue weighted by Crippen LogP contribution is 2.35. The van der Waals surface area contributed by atoms with Gasteiger partial charge in [-0.25, -0.2) is 0 Å². The molecule has 0 bridgehead atoms. The molecule has 0 aromatic carbocycles. The Hall–Kier alpha value is 0.530. The first-order chi connectivity index (χ1) is 2.77. The van der Waals surface area contributed by atoms with E-state index in [4.69, 9.17) is 1.41 Å². The summed E-state index contributed by atoms with van der Waals surface area (Å²) in [5, 5.41) is 3.07. The summed E-state index contributed by atoms with van der Waals surface area (Å²) in [7, 11) is 2.41. The summed E-state index contributed by atoms with van der Waals surface area (Å²) >= 11 is 0. The van der Waals surface area contributed by atoms with Gasteiger partial charge in [-0.2, -0.15) is 0 Å². The van der Waals surface area contributed by atoms with E-state index >= 15 is 0 Å². The minimum Gasteiger partial charge on any atom is -0.308 e. The average Bonchev–Trinajstić information content (AvgIpc) is 1.35. The van der Waals surface area contributed by atoms with E-state index in [9.17, 15) is 0 Å². The fourth-order valence-electron chi connectivity index (χ4n) is 0. The van der Waals surface area contributed by atoms with Crippen molar-refractivity contribution in [3.05, 3.63) is 0 Å². The lowest BCUT2D eigenvalue weighted by Crippen LogP contribution is -1.48. The Morgan fingerprint density at radius 1 is 2.40 bits per heavy atom. The Labute approximate surface area is 37.0 Å². The van der Waals surface area contributed by atoms with Crippen LogP contribution in [0.2, 0.25) is 1.41 Å². The smallest absolute Gasteiger partial charge is 0.187 e. The summed E-state index contributed by atoms with van der Waals surface area (Å²) in [6.07, 6.45) is 0. The molecule has 0 radical (unpaired) electrons. The van der Waals surface area contributed by atoms with Gasteiger partial charge in [0.2, 0.25) is 0 Å². The van der Waals surface area contributed by atoms with Crippen LogP contribution in [0.3, 0.4) is 0 Å². The molecule has 0 aliphatic carbocycles. The number of hydrogen-bond acceptors (Lipinski definition) is 1. The lowest BCUT2D eigenvalue weighted by atomic mass is 11.7. The highest BCUT2D eigenvalue weighted by Gasteiger charge is 1.74. The first-order valence-corrected chi connectivity index (χ1v) is 4.70. The van der Waals surface area contributed by atoms with Gasteiger partial charge in [-0.3, -0.25) is 0 Å². The molecule has 2 unspecified atom stereocenters. The van der Waals surface area contributed by atoms with E-state index in [1.165, 1.54) is 0 Å². The van der Waals surface area contributed by atoms with Crippen LogP contribution in [0.1, 0.15) is 0 Å². The fourth-order valence-corrected chi connectivity index (χ4v) is 0. The van der Waals surface area contributed by atoms with Crippen molar-refractivity contribution in [3.8, 4) is 0 Å². The van der Waals surface area contributed by atoms with Crippen molar-refractivity contribution in [2.75, 3.05) is 6.66 Å². The van der Waals surface area contributed by atoms with Crippen LogP contribution in [0.25, 0.3) is 0 Å². The molecule has 0 saturated heterocycles. The summed E-state index contributed by atoms with van der Waals surface area (Å²) < 4.78 is 6.31. The summed E-state index contributed by atoms with van der Waals surface area (Å²) in [5.74, 6) is 1.61. The van der Waals surface area contributed by atoms with Crippen LogP contribution in [-0.2, 0) is 0 Å². The Kier molecular flexibility index (Phi) is 2.04. The zero-order valence-electron chi connectivity index (χ0n) is 4.05. The predicted molar refractivity (Wildman–Crippen MR) is 31.3 cm³/mol. The number of rotatable bonds is 1. The monoisotopic (exact) mass is 109 g/mol. The van der Waals surface area contributed by atoms with Crippen molar-refractivity contribution >= 4 is 22.5 Å². The molecule has 0 saturated carbocycles. The molecule has 0 heterocycles. The number of nitrogens with one attached hydrogen (secondary N) is 1. The molecular weight excluding hydrogens is 100.0 g/mol. The van der Waals surface area contributed by atoms with E-state index in [0.717, 1.165) is 0 Å². The van der Waals surface area contributed by atoms with E-state index in [1.807, 2.05) is 6.66 Å². The molecule has 30 valence electrons. The Morgan fingerprint density at radius 2 is 3.00 bits per heavy atom. The maximum atomic E-state index is 6.31. The Morgan fingerprint density at radius 3 is 3.00 bits per heavy atom. The van der Waals surface area contributed by atoms with Crippen LogP contribution in [0.4, 0.5) is 0 Å². The summed E-state index contributed by atoms with van der Waals surface area (Å²) in [5.41, 5.74) is 0. The quantitative estimate of drug-likeness (QED) is 0.389. The van der Waals surface area contributed by atoms with Crippen LogP contribution in [-0.4, -0.2) is 12.6 Å². The largest absolute Gasteiger partial charge is 0.308 e. The molecule has 0 aromatic heterocycles. The first kappa shape index (κ1) is 3.71. The first-order valence-electron chi connectivity index (χ1n) is 1.67. The van der Waals surface area contributed by atoms with Crippen molar-refractivity contribution < 1.29 is 1.41 Å². The zero-order valence-corrected chi connectivity index (χ0v) is 5.10. The topological polar surface area (TPSA) is 23.9 Å². The van der Waals surface area contributed by atoms with Crippen molar-refractivity contribution in [2.24, 2.45) is 0 Å². The molecule has 0 amide bonds. The molecule has 0 spiro atoms. The zero-order chi connectivity index (χ0) is 4.99. The second-order valence-corrected chi connectivity index (χ2v) is 4.79. The molecule has 0 fully saturated rings. The van der Waals surface area contributed by atoms with Crippen molar-refractivity contribution in [1.82, 2.24) is 0 Å². The normalized spacial score (nSPS) is 19.2. The standard InChI is InChI=1S/C2H7NP2/c1-5(4)2-3/h2-3H,4H2,1H3/i/hT. The predicted octanol–water partition coefficient (Wildman–Crippen LogP) is 1.50. The fraction of sp³-hybridized carbons (Fsp3) is 0.500. The molecule has 5 heavy (non-hydrogen) atoms. The molecular formula is C2H7NP2. The molecule has 2 atom stereocenters. The van der Waals surface area contributed by atoms with Crippen molar-refractivity contribution in [3.63, 3.8) is 0 Å². The number of hydrogen-bond donors (Lipinski definition) is 1. The van der Waals surface area contributed by atoms with E-state index in [-0.39, 0.29) is 7.61 Å². The minimum atomic E-state index is -0.163. The third kappa shape index (κ3) is 4.53. The Bertz CT molecular complexity index is 53.5. The van der Waals surface area contributed by atoms with Gasteiger partial charge in [-0.1, -0.05) is 0 Å². The lowest BCUT2D eigenvalue weighted by molar-refractivity contribution is 1.60. The van der Waals surface area contributed by atoms with Crippen molar-refractivity contribution in [1.29, 1.82) is 5.40 Å². The maximum absolute atomic E-state index is 6.31. The summed E-state index contributed by atoms with van der Waals surface area (Å²) in [6, 6.07) is 0. The van der Waals surface area contributed by atoms with Gasteiger partial charge in [0.1, 0.15) is 0 Å². The molecule has 0 aromatic rings. The van der Waals surface area contributed by atoms with Crippen LogP contribution in [0.15, 0.2) is 0 Å². The second-order valence-electron chi connectivity index (χ2n) is 0.781. The lowest BCUT2D eigenvalue weighted by Gasteiger charge is -1.83. The SMILES string of the molecule is [3H]N=CP(C)P. The van der Waals surface area contributed by atoms with Gasteiger partial charge >= 0.3 is 0 Å². The van der Waals surface area contributed by atoms with Gasteiger partial charge in [-0.05, 0) is 14.3 Å². The van der Waals surface area contributed by atoms with Gasteiger partial charge in [0.05, 0.1) is 0 Å². The van der Waals surface area contributed by atoms with Gasteiger partial charge in [0.25, 0.3) is 0 Å². The highest BCUT2D eigenvalue weighted by molar-refractivity contribution is 8.20. The van der Waals surface area contributed by atoms with E-state index in [2.05, 4.69) is 14.3 Å². The molecule has 0 aliphatic heterocycles. The van der Waals surface area contributed by atoms with Crippen LogP contribution < -0.4 is 0 Å². The summed E-state index contributed by atoms with van der Waals surface area (Å²) in [6.45, 7) is 2.01. The maximum Gasteiger partial charge on any atom is 0.187 e. The van der Waals surface area contributed by atoms with Gasteiger partial charge in [0, 0.05) is 5.96 Å². The summed E-state index contributed by atoms with van der Waals surface area (Å²) in [4.78, 5) is 0. The third-order valence-electron chi connectivity index (χ3n) is 0.182. The second kappa shape index (κ2) is 2.75. The minimum absolute atomic E-state index is 0.163. The molecule has 0 aliphatic rings. The van der Waals surface area contributed by atoms with Crippen LogP contribution >= 0.6 is 16.5 Å². The average molecular weight is 109 g/mol. The van der Waals surface area contributed by atoms with E-state index in [1.54, 1.807) is 5.96 Å². The van der Waals surface area contributed by atoms with Gasteiger partial charge in [0.15, 0.2) is 1.41 Å². The third-order valence-corrected chi connectivity index (χ3v) is 0.946. The highest BCUT2D eigenvalue weighted by atomic mass is 32.0. The molecule has 1 nitrogen and oxygen atoms in total. The van der Waals surface area contributed by atoms with Gasteiger partial charge < -0.3 is 5.40 Å². The van der Waals surface area contributed by atoms with E-state index < -0.39 is 0 Å². The Balaban J connectivity index is 3.03. The molecule has 3 heteroatoms. The molecule has 1 N–H and O–H groups in total. The van der Waals surface area contributed by atoms with Crippen molar-refractivity contribution in [2.45, 2.75) is 0 Å². The van der Waals surface area contributed by atoms with Crippen LogP contribution in [0, 0.1) is 5.40 Å². The van der Waals surface area contributed by atoms with Gasteiger partial charge in [-0.15, -0.1) is 8.93 Å². The van der Waals surface area contributed by atoms with Crippen LogP contribution in [0.5, 0.6) is 0 Å². The van der Waals surface area contributed by atoms with E-state index in [0.29, 0.717) is 0 Å². The molecule has 0 rings (SSSR count).